The number of piperazine rings is 1. The lowest BCUT2D eigenvalue weighted by Crippen LogP contribution is -2.48. The van der Waals surface area contributed by atoms with Gasteiger partial charge in [-0.15, -0.1) is 0 Å². The van der Waals surface area contributed by atoms with Gasteiger partial charge in [0.1, 0.15) is 4.88 Å². The van der Waals surface area contributed by atoms with Crippen molar-refractivity contribution in [1.82, 2.24) is 19.3 Å². The van der Waals surface area contributed by atoms with Crippen molar-refractivity contribution in [1.29, 1.82) is 0 Å². The molecular weight excluding hydrogens is 546 g/mol. The van der Waals surface area contributed by atoms with E-state index in [1.54, 1.807) is 67.3 Å². The standard InChI is InChI=1S/C26H32ClN5O4S2/c1-28-26-30(4)22(24(37-26)25(34)29(2)3)17-31-10-12-32(13-11-31)23(33)9-14-38(35,36)21-8-6-18-15-20(27)7-5-19(18)16-21/h5-8,15-16H,9-14,17H2,1-4H3. The first-order valence-electron chi connectivity index (χ1n) is 12.3. The molecule has 204 valence electrons. The Hall–Kier alpha value is -2.73. The Morgan fingerprint density at radius 1 is 1.05 bits per heavy atom. The predicted molar refractivity (Wildman–Crippen MR) is 150 cm³/mol. The average molecular weight is 578 g/mol. The van der Waals surface area contributed by atoms with Crippen molar-refractivity contribution < 1.29 is 18.0 Å². The van der Waals surface area contributed by atoms with E-state index in [9.17, 15) is 18.0 Å². The van der Waals surface area contributed by atoms with Crippen molar-refractivity contribution in [2.75, 3.05) is 53.1 Å². The minimum Gasteiger partial charge on any atom is -0.344 e. The fourth-order valence-electron chi connectivity index (χ4n) is 4.48. The highest BCUT2D eigenvalue weighted by atomic mass is 35.5. The van der Waals surface area contributed by atoms with E-state index in [0.717, 1.165) is 21.3 Å². The second-order valence-corrected chi connectivity index (χ2v) is 13.0. The maximum Gasteiger partial charge on any atom is 0.265 e. The maximum atomic E-state index is 12.9. The van der Waals surface area contributed by atoms with E-state index < -0.39 is 9.84 Å². The molecule has 0 radical (unpaired) electrons. The van der Waals surface area contributed by atoms with Gasteiger partial charge in [-0.3, -0.25) is 19.5 Å². The number of thiazole rings is 1. The van der Waals surface area contributed by atoms with Crippen LogP contribution in [0.3, 0.4) is 0 Å². The van der Waals surface area contributed by atoms with Crippen LogP contribution in [0.5, 0.6) is 0 Å². The van der Waals surface area contributed by atoms with Gasteiger partial charge in [0, 0.05) is 72.4 Å². The first kappa shape index (κ1) is 28.3. The van der Waals surface area contributed by atoms with E-state index in [1.807, 2.05) is 11.6 Å². The van der Waals surface area contributed by atoms with Crippen molar-refractivity contribution in [3.05, 3.63) is 56.8 Å². The number of rotatable bonds is 7. The number of hydrogen-bond acceptors (Lipinski definition) is 7. The molecule has 0 atom stereocenters. The Morgan fingerprint density at radius 2 is 1.71 bits per heavy atom. The molecule has 4 rings (SSSR count). The Balaban J connectivity index is 1.35. The van der Waals surface area contributed by atoms with Crippen LogP contribution in [-0.4, -0.2) is 92.6 Å². The van der Waals surface area contributed by atoms with Gasteiger partial charge in [-0.25, -0.2) is 8.42 Å². The highest BCUT2D eigenvalue weighted by Crippen LogP contribution is 2.24. The summed E-state index contributed by atoms with van der Waals surface area (Å²) in [5, 5.41) is 2.23. The fourth-order valence-corrected chi connectivity index (χ4v) is 7.03. The van der Waals surface area contributed by atoms with Gasteiger partial charge in [0.15, 0.2) is 14.6 Å². The number of sulfone groups is 1. The summed E-state index contributed by atoms with van der Waals surface area (Å²) in [5.41, 5.74) is 0.901. The molecule has 1 aliphatic rings. The molecule has 0 aliphatic carbocycles. The van der Waals surface area contributed by atoms with Crippen molar-refractivity contribution >= 4 is 55.4 Å². The number of aromatic nitrogens is 1. The molecule has 0 saturated carbocycles. The molecular formula is C26H32ClN5O4S2. The summed E-state index contributed by atoms with van der Waals surface area (Å²) in [6.07, 6.45) is -0.0661. The summed E-state index contributed by atoms with van der Waals surface area (Å²) in [5.74, 6) is -0.465. The number of amides is 2. The lowest BCUT2D eigenvalue weighted by Gasteiger charge is -2.35. The molecule has 0 bridgehead atoms. The van der Waals surface area contributed by atoms with E-state index in [4.69, 9.17) is 11.6 Å². The van der Waals surface area contributed by atoms with Gasteiger partial charge in [0.05, 0.1) is 16.3 Å². The van der Waals surface area contributed by atoms with Gasteiger partial charge in [-0.05, 0) is 35.0 Å². The van der Waals surface area contributed by atoms with Gasteiger partial charge < -0.3 is 14.4 Å². The second kappa shape index (κ2) is 11.6. The zero-order valence-electron chi connectivity index (χ0n) is 22.0. The topological polar surface area (TPSA) is 95.3 Å². The molecule has 1 saturated heterocycles. The van der Waals surface area contributed by atoms with Crippen LogP contribution >= 0.6 is 22.9 Å². The fraction of sp³-hybridized carbons (Fsp3) is 0.423. The minimum atomic E-state index is -3.61. The van der Waals surface area contributed by atoms with Crippen LogP contribution in [0.1, 0.15) is 21.8 Å². The zero-order valence-corrected chi connectivity index (χ0v) is 24.4. The Kier molecular flexibility index (Phi) is 8.61. The van der Waals surface area contributed by atoms with Crippen molar-refractivity contribution in [3.8, 4) is 0 Å². The molecule has 9 nitrogen and oxygen atoms in total. The SMILES string of the molecule is CN=c1sc(C(=O)N(C)C)c(CN2CCN(C(=O)CCS(=O)(=O)c3ccc4cc(Cl)ccc4c3)CC2)n1C. The average Bonchev–Trinajstić information content (AvgIpc) is 3.21. The Bertz CT molecular complexity index is 1540. The summed E-state index contributed by atoms with van der Waals surface area (Å²) in [6, 6.07) is 10.2. The molecule has 0 spiro atoms. The van der Waals surface area contributed by atoms with Crippen LogP contribution in [-0.2, 0) is 28.2 Å². The molecule has 0 unspecified atom stereocenters. The van der Waals surface area contributed by atoms with E-state index in [2.05, 4.69) is 9.89 Å². The van der Waals surface area contributed by atoms with E-state index in [0.29, 0.717) is 42.6 Å². The lowest BCUT2D eigenvalue weighted by molar-refractivity contribution is -0.132. The van der Waals surface area contributed by atoms with Crippen LogP contribution in [0.4, 0.5) is 0 Å². The molecule has 1 aromatic heterocycles. The van der Waals surface area contributed by atoms with Crippen LogP contribution < -0.4 is 4.80 Å². The monoisotopic (exact) mass is 577 g/mol. The highest BCUT2D eigenvalue weighted by molar-refractivity contribution is 7.91. The first-order chi connectivity index (χ1) is 18.0. The van der Waals surface area contributed by atoms with Gasteiger partial charge >= 0.3 is 0 Å². The minimum absolute atomic E-state index is 0.0549. The number of fused-ring (bicyclic) bond motifs is 1. The van der Waals surface area contributed by atoms with Gasteiger partial charge in [-0.2, -0.15) is 0 Å². The highest BCUT2D eigenvalue weighted by Gasteiger charge is 2.26. The number of nitrogens with zero attached hydrogens (tertiary/aromatic N) is 5. The molecule has 2 aromatic carbocycles. The third-order valence-electron chi connectivity index (χ3n) is 6.75. The van der Waals surface area contributed by atoms with E-state index in [-0.39, 0.29) is 28.9 Å². The van der Waals surface area contributed by atoms with Crippen LogP contribution in [0.2, 0.25) is 5.02 Å². The van der Waals surface area contributed by atoms with Crippen LogP contribution in [0, 0.1) is 0 Å². The number of benzene rings is 2. The number of carbonyl (C=O) groups is 2. The normalized spacial score (nSPS) is 15.3. The predicted octanol–water partition coefficient (Wildman–Crippen LogP) is 2.63. The molecule has 1 fully saturated rings. The molecule has 12 heteroatoms. The Labute approximate surface area is 231 Å². The van der Waals surface area contributed by atoms with Crippen molar-refractivity contribution in [2.24, 2.45) is 12.0 Å². The second-order valence-electron chi connectivity index (χ2n) is 9.52. The summed E-state index contributed by atoms with van der Waals surface area (Å²) in [4.78, 5) is 37.0. The maximum absolute atomic E-state index is 12.9. The van der Waals surface area contributed by atoms with Crippen molar-refractivity contribution in [3.63, 3.8) is 0 Å². The summed E-state index contributed by atoms with van der Waals surface area (Å²) in [6.45, 7) is 2.85. The largest absolute Gasteiger partial charge is 0.344 e. The van der Waals surface area contributed by atoms with Crippen LogP contribution in [0.25, 0.3) is 10.8 Å². The van der Waals surface area contributed by atoms with E-state index in [1.165, 1.54) is 11.3 Å². The molecule has 2 amide bonds. The number of carbonyl (C=O) groups excluding carboxylic acids is 2. The molecule has 38 heavy (non-hydrogen) atoms. The third-order valence-corrected chi connectivity index (χ3v) is 9.96. The zero-order chi connectivity index (χ0) is 27.6. The quantitative estimate of drug-likeness (QED) is 0.430. The first-order valence-corrected chi connectivity index (χ1v) is 15.1. The van der Waals surface area contributed by atoms with Crippen molar-refractivity contribution in [2.45, 2.75) is 17.9 Å². The number of halogens is 1. The third kappa shape index (κ3) is 6.12. The molecule has 0 N–H and O–H groups in total. The number of hydrogen-bond donors (Lipinski definition) is 0. The van der Waals surface area contributed by atoms with Gasteiger partial charge in [0.2, 0.25) is 5.91 Å². The van der Waals surface area contributed by atoms with Crippen LogP contribution in [0.15, 0.2) is 46.3 Å². The molecule has 2 heterocycles. The smallest absolute Gasteiger partial charge is 0.265 e. The summed E-state index contributed by atoms with van der Waals surface area (Å²) in [7, 11) is 3.47. The van der Waals surface area contributed by atoms with Gasteiger partial charge in [0.25, 0.3) is 5.91 Å². The van der Waals surface area contributed by atoms with Gasteiger partial charge in [-0.1, -0.05) is 35.1 Å². The van der Waals surface area contributed by atoms with E-state index >= 15 is 0 Å². The Morgan fingerprint density at radius 3 is 2.37 bits per heavy atom. The summed E-state index contributed by atoms with van der Waals surface area (Å²) >= 11 is 7.39. The summed E-state index contributed by atoms with van der Waals surface area (Å²) < 4.78 is 27.8. The molecule has 1 aliphatic heterocycles. The lowest BCUT2D eigenvalue weighted by atomic mass is 10.1. The molecule has 3 aromatic rings.